The van der Waals surface area contributed by atoms with Crippen LogP contribution >= 0.6 is 11.6 Å². The van der Waals surface area contributed by atoms with Gasteiger partial charge in [0, 0.05) is 43.7 Å². The van der Waals surface area contributed by atoms with Crippen molar-refractivity contribution in [3.8, 4) is 0 Å². The van der Waals surface area contributed by atoms with Crippen LogP contribution in [-0.4, -0.2) is 41.4 Å². The van der Waals surface area contributed by atoms with Crippen LogP contribution in [0.5, 0.6) is 0 Å². The van der Waals surface area contributed by atoms with Gasteiger partial charge in [-0.3, -0.25) is 9.69 Å². The summed E-state index contributed by atoms with van der Waals surface area (Å²) in [7, 11) is 0. The van der Waals surface area contributed by atoms with E-state index in [1.54, 1.807) is 0 Å². The molecule has 4 heteroatoms. The van der Waals surface area contributed by atoms with E-state index < -0.39 is 0 Å². The first-order valence-corrected chi connectivity index (χ1v) is 8.50. The molecule has 1 heterocycles. The van der Waals surface area contributed by atoms with Crippen molar-refractivity contribution in [3.05, 3.63) is 60.2 Å². The monoisotopic (exact) mass is 332 g/mol. The fraction of sp³-hybridized carbons (Fsp3) is 0.421. The Balaban J connectivity index is 1.99. The molecule has 0 aromatic heterocycles. The van der Waals surface area contributed by atoms with Gasteiger partial charge in [0.15, 0.2) is 0 Å². The number of nitrogens with zero attached hydrogens (tertiary/aromatic N) is 2. The van der Waals surface area contributed by atoms with Crippen LogP contribution in [0.25, 0.3) is 0 Å². The van der Waals surface area contributed by atoms with E-state index in [0.29, 0.717) is 19.0 Å². The maximum Gasteiger partial charge on any atom is 0.222 e. The Morgan fingerprint density at radius 3 is 2.43 bits per heavy atom. The second-order valence-corrected chi connectivity index (χ2v) is 6.39. The van der Waals surface area contributed by atoms with Gasteiger partial charge in [0.1, 0.15) is 0 Å². The van der Waals surface area contributed by atoms with Gasteiger partial charge in [-0.15, -0.1) is 13.2 Å². The van der Waals surface area contributed by atoms with Crippen LogP contribution in [0, 0.1) is 0 Å². The standard InChI is InChI=1S/C19H25ClN2O/c1-3-12-21(13-4-2)18-9-10-19(23)22(14-11-18)15-16-5-7-17(20)8-6-16/h3-8,18H,1-2,9-15H2. The number of benzene rings is 1. The fourth-order valence-corrected chi connectivity index (χ4v) is 3.19. The molecule has 1 atom stereocenters. The molecule has 0 saturated carbocycles. The van der Waals surface area contributed by atoms with Crippen molar-refractivity contribution in [3.63, 3.8) is 0 Å². The van der Waals surface area contributed by atoms with Gasteiger partial charge in [-0.1, -0.05) is 35.9 Å². The van der Waals surface area contributed by atoms with Gasteiger partial charge in [0.2, 0.25) is 5.91 Å². The van der Waals surface area contributed by atoms with Gasteiger partial charge >= 0.3 is 0 Å². The molecule has 1 aliphatic heterocycles. The smallest absolute Gasteiger partial charge is 0.222 e. The highest BCUT2D eigenvalue weighted by atomic mass is 35.5. The summed E-state index contributed by atoms with van der Waals surface area (Å²) in [5.41, 5.74) is 1.12. The SMILES string of the molecule is C=CCN(CC=C)C1CCC(=O)N(Cc2ccc(Cl)cc2)CC1. The van der Waals surface area contributed by atoms with Crippen LogP contribution in [0.15, 0.2) is 49.6 Å². The predicted octanol–water partition coefficient (Wildman–Crippen LogP) is 3.90. The summed E-state index contributed by atoms with van der Waals surface area (Å²) in [4.78, 5) is 16.7. The highest BCUT2D eigenvalue weighted by Gasteiger charge is 2.25. The van der Waals surface area contributed by atoms with E-state index in [-0.39, 0.29) is 5.91 Å². The highest BCUT2D eigenvalue weighted by Crippen LogP contribution is 2.20. The molecule has 1 aromatic rings. The number of likely N-dealkylation sites (tertiary alicyclic amines) is 1. The first-order valence-electron chi connectivity index (χ1n) is 8.12. The number of amides is 1. The van der Waals surface area contributed by atoms with E-state index in [1.807, 2.05) is 41.3 Å². The summed E-state index contributed by atoms with van der Waals surface area (Å²) in [5.74, 6) is 0.236. The second-order valence-electron chi connectivity index (χ2n) is 5.95. The van der Waals surface area contributed by atoms with Gasteiger partial charge in [-0.25, -0.2) is 0 Å². The van der Waals surface area contributed by atoms with Crippen molar-refractivity contribution < 1.29 is 4.79 Å². The quantitative estimate of drug-likeness (QED) is 0.707. The Kier molecular flexibility index (Phi) is 6.87. The average molecular weight is 333 g/mol. The van der Waals surface area contributed by atoms with Crippen molar-refractivity contribution in [1.82, 2.24) is 9.80 Å². The zero-order chi connectivity index (χ0) is 16.7. The second kappa shape index (κ2) is 8.90. The lowest BCUT2D eigenvalue weighted by atomic mass is 10.1. The van der Waals surface area contributed by atoms with Crippen LogP contribution in [-0.2, 0) is 11.3 Å². The number of hydrogen-bond donors (Lipinski definition) is 0. The molecule has 2 rings (SSSR count). The summed E-state index contributed by atoms with van der Waals surface area (Å²) in [6.45, 7) is 10.8. The summed E-state index contributed by atoms with van der Waals surface area (Å²) < 4.78 is 0. The molecule has 1 unspecified atom stereocenters. The third-order valence-electron chi connectivity index (χ3n) is 4.31. The normalized spacial score (nSPS) is 18.8. The summed E-state index contributed by atoms with van der Waals surface area (Å²) in [6, 6.07) is 8.13. The number of rotatable bonds is 7. The van der Waals surface area contributed by atoms with Crippen molar-refractivity contribution in [2.45, 2.75) is 31.8 Å². The Bertz CT molecular complexity index is 531. The topological polar surface area (TPSA) is 23.6 Å². The van der Waals surface area contributed by atoms with E-state index in [1.165, 1.54) is 0 Å². The minimum Gasteiger partial charge on any atom is -0.338 e. The molecule has 23 heavy (non-hydrogen) atoms. The van der Waals surface area contributed by atoms with E-state index >= 15 is 0 Å². The average Bonchev–Trinajstić information content (AvgIpc) is 2.72. The predicted molar refractivity (Wildman–Crippen MR) is 96.5 cm³/mol. The zero-order valence-electron chi connectivity index (χ0n) is 13.6. The Morgan fingerprint density at radius 2 is 1.83 bits per heavy atom. The Labute approximate surface area is 144 Å². The Hall–Kier alpha value is -1.58. The Morgan fingerprint density at radius 1 is 1.17 bits per heavy atom. The molecular weight excluding hydrogens is 308 g/mol. The van der Waals surface area contributed by atoms with E-state index in [0.717, 1.165) is 43.1 Å². The molecule has 124 valence electrons. The third-order valence-corrected chi connectivity index (χ3v) is 4.56. The van der Waals surface area contributed by atoms with Crippen LogP contribution in [0.2, 0.25) is 5.02 Å². The molecule has 1 fully saturated rings. The molecule has 1 amide bonds. The lowest BCUT2D eigenvalue weighted by Crippen LogP contribution is -2.36. The molecule has 1 saturated heterocycles. The van der Waals surface area contributed by atoms with Gasteiger partial charge in [-0.05, 0) is 30.5 Å². The van der Waals surface area contributed by atoms with Crippen LogP contribution in [0.4, 0.5) is 0 Å². The molecule has 1 aliphatic rings. The maximum atomic E-state index is 12.4. The molecule has 0 radical (unpaired) electrons. The van der Waals surface area contributed by atoms with E-state index in [2.05, 4.69) is 18.1 Å². The number of hydrogen-bond acceptors (Lipinski definition) is 2. The van der Waals surface area contributed by atoms with Gasteiger partial charge < -0.3 is 4.90 Å². The van der Waals surface area contributed by atoms with Gasteiger partial charge in [0.05, 0.1) is 0 Å². The molecule has 0 bridgehead atoms. The van der Waals surface area contributed by atoms with Gasteiger partial charge in [-0.2, -0.15) is 0 Å². The van der Waals surface area contributed by atoms with E-state index in [9.17, 15) is 4.79 Å². The first kappa shape index (κ1) is 17.8. The molecule has 1 aromatic carbocycles. The first-order chi connectivity index (χ1) is 11.1. The van der Waals surface area contributed by atoms with Crippen molar-refractivity contribution in [2.75, 3.05) is 19.6 Å². The molecule has 0 spiro atoms. The minimum atomic E-state index is 0.236. The van der Waals surface area contributed by atoms with Crippen LogP contribution in [0.3, 0.4) is 0 Å². The van der Waals surface area contributed by atoms with Crippen molar-refractivity contribution in [2.24, 2.45) is 0 Å². The summed E-state index contributed by atoms with van der Waals surface area (Å²) in [6.07, 6.45) is 6.32. The lowest BCUT2D eigenvalue weighted by molar-refractivity contribution is -0.131. The molecule has 3 nitrogen and oxygen atoms in total. The van der Waals surface area contributed by atoms with Crippen molar-refractivity contribution >= 4 is 17.5 Å². The molecular formula is C19H25ClN2O. The number of carbonyl (C=O) groups excluding carboxylic acids is 1. The maximum absolute atomic E-state index is 12.4. The molecule has 0 N–H and O–H groups in total. The number of carbonyl (C=O) groups is 1. The van der Waals surface area contributed by atoms with E-state index in [4.69, 9.17) is 11.6 Å². The lowest BCUT2D eigenvalue weighted by Gasteiger charge is -2.29. The van der Waals surface area contributed by atoms with Crippen LogP contribution < -0.4 is 0 Å². The fourth-order valence-electron chi connectivity index (χ4n) is 3.07. The highest BCUT2D eigenvalue weighted by molar-refractivity contribution is 6.30. The minimum absolute atomic E-state index is 0.236. The molecule has 0 aliphatic carbocycles. The number of halogens is 1. The van der Waals surface area contributed by atoms with Crippen molar-refractivity contribution in [1.29, 1.82) is 0 Å². The zero-order valence-corrected chi connectivity index (χ0v) is 14.3. The third kappa shape index (κ3) is 5.22. The van der Waals surface area contributed by atoms with Gasteiger partial charge in [0.25, 0.3) is 0 Å². The largest absolute Gasteiger partial charge is 0.338 e. The van der Waals surface area contributed by atoms with Crippen LogP contribution in [0.1, 0.15) is 24.8 Å². The summed E-state index contributed by atoms with van der Waals surface area (Å²) in [5, 5.41) is 0.723. The summed E-state index contributed by atoms with van der Waals surface area (Å²) >= 11 is 5.92.